The van der Waals surface area contributed by atoms with Crippen molar-refractivity contribution in [3.63, 3.8) is 0 Å². The van der Waals surface area contributed by atoms with Crippen molar-refractivity contribution < 1.29 is 24.2 Å². The molecule has 0 bridgehead atoms. The fourth-order valence-electron chi connectivity index (χ4n) is 4.56. The van der Waals surface area contributed by atoms with E-state index in [0.29, 0.717) is 34.3 Å². The van der Waals surface area contributed by atoms with Gasteiger partial charge in [-0.25, -0.2) is 0 Å². The zero-order chi connectivity index (χ0) is 24.4. The Hall–Kier alpha value is -3.61. The second-order valence-corrected chi connectivity index (χ2v) is 9.02. The van der Waals surface area contributed by atoms with Gasteiger partial charge in [0.05, 0.1) is 17.7 Å². The number of Topliss-reactive ketones (excluding diaryl/α,β-unsaturated/α-hetero) is 1. The smallest absolute Gasteiger partial charge is 0.295 e. The van der Waals surface area contributed by atoms with Crippen LogP contribution in [0.3, 0.4) is 0 Å². The molecule has 7 heteroatoms. The molecule has 0 aliphatic carbocycles. The minimum absolute atomic E-state index is 0.0344. The van der Waals surface area contributed by atoms with Crippen LogP contribution in [0.25, 0.3) is 5.76 Å². The summed E-state index contributed by atoms with van der Waals surface area (Å²) >= 11 is 6.00. The second kappa shape index (κ2) is 9.94. The number of hydrogen-bond acceptors (Lipinski definition) is 5. The summed E-state index contributed by atoms with van der Waals surface area (Å²) in [5, 5.41) is 11.7. The van der Waals surface area contributed by atoms with Crippen molar-refractivity contribution in [1.82, 2.24) is 4.90 Å². The van der Waals surface area contributed by atoms with E-state index in [1.807, 2.05) is 48.5 Å². The van der Waals surface area contributed by atoms with Crippen molar-refractivity contribution in [3.8, 4) is 11.5 Å². The van der Waals surface area contributed by atoms with Crippen LogP contribution >= 0.6 is 11.6 Å². The number of aliphatic hydroxyl groups is 1. The van der Waals surface area contributed by atoms with Gasteiger partial charge in [0.1, 0.15) is 17.3 Å². The van der Waals surface area contributed by atoms with E-state index >= 15 is 0 Å². The lowest BCUT2D eigenvalue weighted by Gasteiger charge is -2.27. The van der Waals surface area contributed by atoms with Gasteiger partial charge >= 0.3 is 0 Å². The minimum atomic E-state index is -0.783. The molecule has 3 aromatic carbocycles. The number of aliphatic hydroxyl groups excluding tert-OH is 1. The number of hydrogen-bond donors (Lipinski definition) is 1. The maximum absolute atomic E-state index is 13.2. The van der Waals surface area contributed by atoms with Crippen LogP contribution in [0.4, 0.5) is 0 Å². The van der Waals surface area contributed by atoms with Gasteiger partial charge in [0, 0.05) is 23.7 Å². The third kappa shape index (κ3) is 4.81. The molecule has 178 valence electrons. The topological polar surface area (TPSA) is 76.1 Å². The molecule has 0 radical (unpaired) electrons. The maximum atomic E-state index is 13.2. The molecule has 2 saturated heterocycles. The van der Waals surface area contributed by atoms with Crippen molar-refractivity contribution in [2.75, 3.05) is 13.2 Å². The van der Waals surface area contributed by atoms with Gasteiger partial charge in [-0.05, 0) is 66.9 Å². The number of benzene rings is 3. The first kappa shape index (κ1) is 23.1. The van der Waals surface area contributed by atoms with Gasteiger partial charge in [0.15, 0.2) is 0 Å². The maximum Gasteiger partial charge on any atom is 0.295 e. The van der Waals surface area contributed by atoms with E-state index in [1.54, 1.807) is 30.3 Å². The second-order valence-electron chi connectivity index (χ2n) is 8.58. The lowest BCUT2D eigenvalue weighted by atomic mass is 9.95. The summed E-state index contributed by atoms with van der Waals surface area (Å²) in [5.74, 6) is -0.401. The Balaban J connectivity index is 1.58. The van der Waals surface area contributed by atoms with Gasteiger partial charge in [-0.3, -0.25) is 9.59 Å². The van der Waals surface area contributed by atoms with Gasteiger partial charge in [-0.15, -0.1) is 0 Å². The highest BCUT2D eigenvalue weighted by atomic mass is 35.5. The summed E-state index contributed by atoms with van der Waals surface area (Å²) in [6.07, 6.45) is 1.56. The first-order valence-corrected chi connectivity index (χ1v) is 11.9. The van der Waals surface area contributed by atoms with Crippen molar-refractivity contribution in [3.05, 3.63) is 101 Å². The quantitative estimate of drug-likeness (QED) is 0.272. The average molecular weight is 490 g/mol. The number of ether oxygens (including phenoxy) is 2. The third-order valence-corrected chi connectivity index (χ3v) is 6.49. The van der Waals surface area contributed by atoms with E-state index in [0.717, 1.165) is 12.8 Å². The SMILES string of the molecule is O=C1C(=O)N(CC2CCCO2)C(c2cccc(Oc3ccccc3)c2)/C1=C(\O)c1ccc(Cl)cc1. The van der Waals surface area contributed by atoms with Crippen LogP contribution in [-0.4, -0.2) is 41.0 Å². The lowest BCUT2D eigenvalue weighted by Crippen LogP contribution is -2.36. The molecule has 2 heterocycles. The van der Waals surface area contributed by atoms with Gasteiger partial charge in [-0.1, -0.05) is 41.9 Å². The summed E-state index contributed by atoms with van der Waals surface area (Å²) in [6.45, 7) is 0.890. The summed E-state index contributed by atoms with van der Waals surface area (Å²) in [6, 6.07) is 22.3. The van der Waals surface area contributed by atoms with Crippen LogP contribution < -0.4 is 4.74 Å². The average Bonchev–Trinajstić information content (AvgIpc) is 3.47. The number of amides is 1. The molecule has 5 rings (SSSR count). The number of rotatable bonds is 6. The van der Waals surface area contributed by atoms with Crippen LogP contribution in [-0.2, 0) is 14.3 Å². The molecule has 2 fully saturated rings. The third-order valence-electron chi connectivity index (χ3n) is 6.23. The molecular formula is C28H24ClNO5. The van der Waals surface area contributed by atoms with Crippen LogP contribution in [0.2, 0.25) is 5.02 Å². The van der Waals surface area contributed by atoms with Gasteiger partial charge in [0.2, 0.25) is 0 Å². The van der Waals surface area contributed by atoms with Crippen LogP contribution in [0, 0.1) is 0 Å². The number of likely N-dealkylation sites (tertiary alicyclic amines) is 1. The molecule has 0 spiro atoms. The molecule has 6 nitrogen and oxygen atoms in total. The molecule has 0 saturated carbocycles. The van der Waals surface area contributed by atoms with E-state index in [2.05, 4.69) is 0 Å². The number of nitrogens with zero attached hydrogens (tertiary/aromatic N) is 1. The Morgan fingerprint density at radius 3 is 2.46 bits per heavy atom. The minimum Gasteiger partial charge on any atom is -0.507 e. The lowest BCUT2D eigenvalue weighted by molar-refractivity contribution is -0.140. The zero-order valence-corrected chi connectivity index (χ0v) is 19.6. The summed E-state index contributed by atoms with van der Waals surface area (Å²) in [4.78, 5) is 27.9. The highest BCUT2D eigenvalue weighted by Gasteiger charge is 2.47. The standard InChI is InChI=1S/C28H24ClNO5/c29-20-13-11-18(12-14-20)26(31)24-25(30(28(33)27(24)32)17-23-10-5-15-34-23)19-6-4-9-22(16-19)35-21-7-2-1-3-8-21/h1-4,6-9,11-14,16,23,25,31H,5,10,15,17H2/b26-24+. The van der Waals surface area contributed by atoms with Crippen molar-refractivity contribution >= 4 is 29.1 Å². The molecule has 2 aliphatic heterocycles. The first-order chi connectivity index (χ1) is 17.0. The Bertz CT molecular complexity index is 1270. The predicted molar refractivity (Wildman–Crippen MR) is 132 cm³/mol. The fraction of sp³-hybridized carbons (Fsp3) is 0.214. The predicted octanol–water partition coefficient (Wildman–Crippen LogP) is 5.73. The highest BCUT2D eigenvalue weighted by Crippen LogP contribution is 2.41. The van der Waals surface area contributed by atoms with Crippen LogP contribution in [0.5, 0.6) is 11.5 Å². The molecule has 35 heavy (non-hydrogen) atoms. The molecular weight excluding hydrogens is 466 g/mol. The normalized spacial score (nSPS) is 21.5. The van der Waals surface area contributed by atoms with Gasteiger partial charge < -0.3 is 19.5 Å². The summed E-state index contributed by atoms with van der Waals surface area (Å²) in [5.41, 5.74) is 1.10. The molecule has 3 aromatic rings. The monoisotopic (exact) mass is 489 g/mol. The molecule has 0 aromatic heterocycles. The number of halogens is 1. The fourth-order valence-corrected chi connectivity index (χ4v) is 4.68. The molecule has 1 amide bonds. The van der Waals surface area contributed by atoms with E-state index < -0.39 is 17.7 Å². The van der Waals surface area contributed by atoms with Gasteiger partial charge in [-0.2, -0.15) is 0 Å². The van der Waals surface area contributed by atoms with E-state index in [9.17, 15) is 14.7 Å². The molecule has 2 unspecified atom stereocenters. The first-order valence-electron chi connectivity index (χ1n) is 11.5. The van der Waals surface area contributed by atoms with Crippen LogP contribution in [0.1, 0.15) is 30.0 Å². The molecule has 1 N–H and O–H groups in total. The van der Waals surface area contributed by atoms with E-state index in [4.69, 9.17) is 21.1 Å². The van der Waals surface area contributed by atoms with Crippen molar-refractivity contribution in [1.29, 1.82) is 0 Å². The highest BCUT2D eigenvalue weighted by molar-refractivity contribution is 6.46. The zero-order valence-electron chi connectivity index (χ0n) is 18.9. The summed E-state index contributed by atoms with van der Waals surface area (Å²) < 4.78 is 11.7. The van der Waals surface area contributed by atoms with Crippen LogP contribution in [0.15, 0.2) is 84.4 Å². The molecule has 2 aliphatic rings. The summed E-state index contributed by atoms with van der Waals surface area (Å²) in [7, 11) is 0. The molecule has 2 atom stereocenters. The Morgan fingerprint density at radius 2 is 1.74 bits per heavy atom. The van der Waals surface area contributed by atoms with Crippen molar-refractivity contribution in [2.45, 2.75) is 25.0 Å². The van der Waals surface area contributed by atoms with Crippen molar-refractivity contribution in [2.24, 2.45) is 0 Å². The van der Waals surface area contributed by atoms with E-state index in [1.165, 1.54) is 4.90 Å². The number of carbonyl (C=O) groups excluding carboxylic acids is 2. The Kier molecular flexibility index (Phi) is 6.57. The Labute approximate surface area is 208 Å². The number of para-hydroxylation sites is 1. The largest absolute Gasteiger partial charge is 0.507 e. The van der Waals surface area contributed by atoms with Gasteiger partial charge in [0.25, 0.3) is 11.7 Å². The number of ketones is 1. The number of carbonyl (C=O) groups is 2. The van der Waals surface area contributed by atoms with E-state index in [-0.39, 0.29) is 24.0 Å². The Morgan fingerprint density at radius 1 is 1.00 bits per heavy atom.